The van der Waals surface area contributed by atoms with Crippen LogP contribution in [0.5, 0.6) is 11.5 Å². The maximum atomic E-state index is 15.3. The number of fused-ring (bicyclic) bond motifs is 2. The minimum atomic E-state index is -0.597. The van der Waals surface area contributed by atoms with Crippen LogP contribution < -0.4 is 15.0 Å². The molecule has 6 rings (SSSR count). The van der Waals surface area contributed by atoms with E-state index in [9.17, 15) is 4.79 Å². The molecule has 0 atom stereocenters. The van der Waals surface area contributed by atoms with Crippen LogP contribution in [0.15, 0.2) is 67.9 Å². The summed E-state index contributed by atoms with van der Waals surface area (Å²) in [6.45, 7) is 9.31. The molecule has 1 aromatic carbocycles. The van der Waals surface area contributed by atoms with E-state index >= 15 is 4.39 Å². The Bertz CT molecular complexity index is 1810. The number of carbonyl (C=O) groups is 1. The van der Waals surface area contributed by atoms with E-state index in [2.05, 4.69) is 36.8 Å². The maximum Gasteiger partial charge on any atom is 0.246 e. The number of anilines is 3. The summed E-state index contributed by atoms with van der Waals surface area (Å²) in [5.74, 6) is 0.890. The molecule has 5 heterocycles. The van der Waals surface area contributed by atoms with Gasteiger partial charge in [-0.05, 0) is 44.2 Å². The highest BCUT2D eigenvalue weighted by Gasteiger charge is 2.36. The third kappa shape index (κ3) is 5.09. The van der Waals surface area contributed by atoms with E-state index < -0.39 is 11.4 Å². The molecule has 1 aliphatic heterocycles. The fraction of sp³-hybridized carbons (Fsp3) is 0.214. The fourth-order valence-electron chi connectivity index (χ4n) is 4.88. The van der Waals surface area contributed by atoms with Crippen LogP contribution in [0.4, 0.5) is 21.7 Å². The number of halogens is 2. The van der Waals surface area contributed by atoms with Crippen LogP contribution >= 0.6 is 11.6 Å². The first-order chi connectivity index (χ1) is 19.7. The number of hydrogen-bond donors (Lipinski definition) is 1. The van der Waals surface area contributed by atoms with Gasteiger partial charge in [-0.25, -0.2) is 28.8 Å². The molecule has 11 nitrogen and oxygen atoms in total. The first-order valence-electron chi connectivity index (χ1n) is 12.8. The second kappa shape index (κ2) is 10.3. The Morgan fingerprint density at radius 2 is 2.00 bits per heavy atom. The van der Waals surface area contributed by atoms with Crippen LogP contribution in [0.3, 0.4) is 0 Å². The van der Waals surface area contributed by atoms with Gasteiger partial charge in [0.25, 0.3) is 0 Å². The molecule has 0 spiro atoms. The van der Waals surface area contributed by atoms with Crippen LogP contribution in [-0.2, 0) is 4.79 Å². The van der Waals surface area contributed by atoms with Crippen molar-refractivity contribution in [3.63, 3.8) is 0 Å². The summed E-state index contributed by atoms with van der Waals surface area (Å²) in [7, 11) is 0. The molecule has 13 heteroatoms. The lowest BCUT2D eigenvalue weighted by Crippen LogP contribution is -2.61. The number of carbonyl (C=O) groups excluding carboxylic acids is 1. The molecule has 1 saturated heterocycles. The van der Waals surface area contributed by atoms with Crippen molar-refractivity contribution < 1.29 is 13.9 Å². The third-order valence-electron chi connectivity index (χ3n) is 6.89. The first kappa shape index (κ1) is 26.4. The number of nitrogens with one attached hydrogen (secondary N) is 1. The van der Waals surface area contributed by atoms with E-state index in [0.29, 0.717) is 53.7 Å². The minimum Gasteiger partial charge on any atom is -0.455 e. The van der Waals surface area contributed by atoms with Gasteiger partial charge in [-0.3, -0.25) is 4.79 Å². The highest BCUT2D eigenvalue weighted by Crippen LogP contribution is 2.36. The van der Waals surface area contributed by atoms with Gasteiger partial charge in [0, 0.05) is 38.0 Å². The molecule has 1 fully saturated rings. The van der Waals surface area contributed by atoms with Crippen molar-refractivity contribution >= 4 is 51.5 Å². The fourth-order valence-corrected chi connectivity index (χ4v) is 5.09. The summed E-state index contributed by atoms with van der Waals surface area (Å²) >= 11 is 6.48. The number of nitrogens with zero attached hydrogens (tertiary/aromatic N) is 8. The van der Waals surface area contributed by atoms with Gasteiger partial charge in [-0.1, -0.05) is 18.2 Å². The van der Waals surface area contributed by atoms with Crippen LogP contribution in [0, 0.1) is 5.82 Å². The Balaban J connectivity index is 1.26. The Morgan fingerprint density at radius 1 is 1.15 bits per heavy atom. The Morgan fingerprint density at radius 3 is 2.80 bits per heavy atom. The summed E-state index contributed by atoms with van der Waals surface area (Å²) in [5.41, 5.74) is 1.29. The van der Waals surface area contributed by atoms with E-state index in [1.54, 1.807) is 27.7 Å². The zero-order valence-electron chi connectivity index (χ0n) is 22.3. The van der Waals surface area contributed by atoms with Gasteiger partial charge >= 0.3 is 0 Å². The molecule has 0 saturated carbocycles. The minimum absolute atomic E-state index is 0.0974. The van der Waals surface area contributed by atoms with Crippen molar-refractivity contribution in [1.29, 1.82) is 0 Å². The van der Waals surface area contributed by atoms with Gasteiger partial charge in [-0.2, -0.15) is 5.10 Å². The molecule has 1 N–H and O–H groups in total. The quantitative estimate of drug-likeness (QED) is 0.280. The Kier molecular flexibility index (Phi) is 6.62. The smallest absolute Gasteiger partial charge is 0.246 e. The van der Waals surface area contributed by atoms with Crippen molar-refractivity contribution in [2.75, 3.05) is 29.9 Å². The van der Waals surface area contributed by atoms with E-state index in [1.165, 1.54) is 30.9 Å². The van der Waals surface area contributed by atoms with E-state index in [-0.39, 0.29) is 22.4 Å². The number of rotatable bonds is 6. The molecule has 1 aliphatic rings. The number of aromatic nitrogens is 6. The lowest BCUT2D eigenvalue weighted by Gasteiger charge is -2.47. The lowest BCUT2D eigenvalue weighted by atomic mass is 9.98. The molecular weight excluding hydrogens is 549 g/mol. The van der Waals surface area contributed by atoms with Gasteiger partial charge in [0.1, 0.15) is 41.3 Å². The predicted molar refractivity (Wildman–Crippen MR) is 153 cm³/mol. The van der Waals surface area contributed by atoms with Gasteiger partial charge in [0.05, 0.1) is 21.8 Å². The highest BCUT2D eigenvalue weighted by molar-refractivity contribution is 6.32. The predicted octanol–water partition coefficient (Wildman–Crippen LogP) is 5.01. The van der Waals surface area contributed by atoms with E-state index in [0.717, 1.165) is 0 Å². The number of piperazine rings is 1. The van der Waals surface area contributed by atoms with Crippen molar-refractivity contribution in [1.82, 2.24) is 34.4 Å². The van der Waals surface area contributed by atoms with Gasteiger partial charge in [0.15, 0.2) is 11.5 Å². The average Bonchev–Trinajstić information content (AvgIpc) is 3.43. The van der Waals surface area contributed by atoms with Crippen LogP contribution in [0.25, 0.3) is 16.7 Å². The van der Waals surface area contributed by atoms with Crippen LogP contribution in [0.2, 0.25) is 5.02 Å². The molecule has 1 amide bonds. The number of amides is 1. The summed E-state index contributed by atoms with van der Waals surface area (Å²) in [5, 5.41) is 7.24. The summed E-state index contributed by atoms with van der Waals surface area (Å²) in [6.07, 6.45) is 5.82. The van der Waals surface area contributed by atoms with E-state index in [1.807, 2.05) is 26.0 Å². The number of pyridine rings is 2. The van der Waals surface area contributed by atoms with E-state index in [4.69, 9.17) is 21.3 Å². The number of benzene rings is 1. The van der Waals surface area contributed by atoms with Crippen LogP contribution in [0.1, 0.15) is 13.8 Å². The standard InChI is InChI=1S/C28H25ClFN9O2/c1-4-25(40)38-10-9-37(14-28(38,2)3)23-6-5-20-26(36-23)27(33-15-31-20)35-21-12-18(29)22(13-19(21)30)41-17-7-8-39-24(11-17)32-16-34-39/h4-8,11-13,15-16H,1,9-10,14H2,2-3H3,(H,31,33,35). The van der Waals surface area contributed by atoms with Gasteiger partial charge in [-0.15, -0.1) is 0 Å². The molecule has 41 heavy (non-hydrogen) atoms. The van der Waals surface area contributed by atoms with Crippen LogP contribution in [-0.4, -0.2) is 65.5 Å². The summed E-state index contributed by atoms with van der Waals surface area (Å²) in [6, 6.07) is 9.69. The average molecular weight is 574 g/mol. The monoisotopic (exact) mass is 573 g/mol. The van der Waals surface area contributed by atoms with Gasteiger partial charge < -0.3 is 19.9 Å². The lowest BCUT2D eigenvalue weighted by molar-refractivity contribution is -0.131. The Labute approximate surface area is 239 Å². The van der Waals surface area contributed by atoms with Gasteiger partial charge in [0.2, 0.25) is 5.91 Å². The largest absolute Gasteiger partial charge is 0.455 e. The zero-order valence-corrected chi connectivity index (χ0v) is 23.0. The Hall–Kier alpha value is -4.84. The topological polar surface area (TPSA) is 114 Å². The molecule has 0 unspecified atom stereocenters. The molecule has 5 aromatic rings. The molecule has 0 aliphatic carbocycles. The second-order valence-corrected chi connectivity index (χ2v) is 10.5. The molecular formula is C28H25ClFN9O2. The maximum absolute atomic E-state index is 15.3. The molecule has 208 valence electrons. The van der Waals surface area contributed by atoms with Crippen molar-refractivity contribution in [2.45, 2.75) is 19.4 Å². The van der Waals surface area contributed by atoms with Crippen molar-refractivity contribution in [2.24, 2.45) is 0 Å². The first-order valence-corrected chi connectivity index (χ1v) is 13.1. The summed E-state index contributed by atoms with van der Waals surface area (Å²) in [4.78, 5) is 33.8. The SMILES string of the molecule is C=CC(=O)N1CCN(c2ccc3ncnc(Nc4cc(Cl)c(Oc5ccn6ncnc6c5)cc4F)c3n2)CC1(C)C. The summed E-state index contributed by atoms with van der Waals surface area (Å²) < 4.78 is 22.7. The molecule has 4 aromatic heterocycles. The second-order valence-electron chi connectivity index (χ2n) is 10.1. The zero-order chi connectivity index (χ0) is 28.7. The molecule has 0 bridgehead atoms. The number of hydrogen-bond acceptors (Lipinski definition) is 9. The normalized spacial score (nSPS) is 14.8. The highest BCUT2D eigenvalue weighted by atomic mass is 35.5. The van der Waals surface area contributed by atoms with Crippen molar-refractivity contribution in [3.05, 3.63) is 78.7 Å². The third-order valence-corrected chi connectivity index (χ3v) is 7.18. The number of ether oxygens (including phenoxy) is 1. The molecule has 0 radical (unpaired) electrons. The van der Waals surface area contributed by atoms with Crippen molar-refractivity contribution in [3.8, 4) is 11.5 Å².